The Bertz CT molecular complexity index is 331. The number of piperazine rings is 1. The predicted molar refractivity (Wildman–Crippen MR) is 72.5 cm³/mol. The second-order valence-electron chi connectivity index (χ2n) is 4.80. The Morgan fingerprint density at radius 2 is 2.18 bits per heavy atom. The van der Waals surface area contributed by atoms with Crippen LogP contribution in [0.4, 0.5) is 0 Å². The first kappa shape index (κ1) is 13.0. The van der Waals surface area contributed by atoms with Crippen LogP contribution in [0.5, 0.6) is 0 Å². The molecule has 0 saturated carbocycles. The number of rotatable bonds is 5. The average molecular weight is 254 g/mol. The van der Waals surface area contributed by atoms with Crippen molar-refractivity contribution in [3.8, 4) is 0 Å². The third-order valence-corrected chi connectivity index (χ3v) is 4.01. The summed E-state index contributed by atoms with van der Waals surface area (Å²) >= 11 is 1.87. The lowest BCUT2D eigenvalue weighted by Crippen LogP contribution is -2.42. The van der Waals surface area contributed by atoms with E-state index < -0.39 is 0 Å². The van der Waals surface area contributed by atoms with Crippen molar-refractivity contribution >= 4 is 11.3 Å². The first-order valence-electron chi connectivity index (χ1n) is 6.25. The molecule has 1 saturated heterocycles. The topological polar surface area (TPSA) is 31.4 Å². The van der Waals surface area contributed by atoms with Crippen LogP contribution in [0.2, 0.25) is 0 Å². The van der Waals surface area contributed by atoms with Crippen LogP contribution in [0.15, 0.2) is 6.20 Å². The monoisotopic (exact) mass is 254 g/mol. The number of nitrogens with zero attached hydrogens (tertiary/aromatic N) is 3. The lowest BCUT2D eigenvalue weighted by Gasteiger charge is -2.26. The molecule has 0 spiro atoms. The zero-order chi connectivity index (χ0) is 12.1. The maximum Gasteiger partial charge on any atom is 0.0940 e. The van der Waals surface area contributed by atoms with Gasteiger partial charge >= 0.3 is 0 Å². The molecule has 2 heterocycles. The van der Waals surface area contributed by atoms with E-state index in [9.17, 15) is 0 Å². The van der Waals surface area contributed by atoms with Crippen molar-refractivity contribution in [3.63, 3.8) is 0 Å². The van der Waals surface area contributed by atoms with Gasteiger partial charge in [0, 0.05) is 56.8 Å². The molecule has 1 N–H and O–H groups in total. The van der Waals surface area contributed by atoms with Gasteiger partial charge < -0.3 is 10.2 Å². The van der Waals surface area contributed by atoms with E-state index in [2.05, 4.69) is 40.4 Å². The highest BCUT2D eigenvalue weighted by Gasteiger charge is 2.11. The third kappa shape index (κ3) is 4.35. The molecule has 1 fully saturated rings. The summed E-state index contributed by atoms with van der Waals surface area (Å²) in [7, 11) is 4.21. The van der Waals surface area contributed by atoms with Crippen LogP contribution in [0.1, 0.15) is 9.88 Å². The van der Waals surface area contributed by atoms with E-state index in [1.807, 2.05) is 11.3 Å². The van der Waals surface area contributed by atoms with Crippen molar-refractivity contribution in [2.75, 3.05) is 46.8 Å². The van der Waals surface area contributed by atoms with Gasteiger partial charge in [-0.05, 0) is 14.1 Å². The molecule has 17 heavy (non-hydrogen) atoms. The normalized spacial score (nSPS) is 17.8. The standard InChI is InChI=1S/C12H22N4S/c1-15(2)6-3-12-14-9-11(17-12)10-16-7-4-13-5-8-16/h9,13H,3-8,10H2,1-2H3. The molecule has 0 amide bonds. The molecule has 4 nitrogen and oxygen atoms in total. The van der Waals surface area contributed by atoms with Gasteiger partial charge in [0.1, 0.15) is 0 Å². The largest absolute Gasteiger partial charge is 0.314 e. The zero-order valence-corrected chi connectivity index (χ0v) is 11.6. The second-order valence-corrected chi connectivity index (χ2v) is 6.00. The van der Waals surface area contributed by atoms with Gasteiger partial charge in [0.25, 0.3) is 0 Å². The fraction of sp³-hybridized carbons (Fsp3) is 0.750. The quantitative estimate of drug-likeness (QED) is 0.836. The van der Waals surface area contributed by atoms with Crippen molar-refractivity contribution in [1.29, 1.82) is 0 Å². The van der Waals surface area contributed by atoms with Gasteiger partial charge in [0.05, 0.1) is 5.01 Å². The molecule has 1 aliphatic heterocycles. The van der Waals surface area contributed by atoms with E-state index in [0.717, 1.165) is 45.7 Å². The minimum absolute atomic E-state index is 1.07. The smallest absolute Gasteiger partial charge is 0.0940 e. The summed E-state index contributed by atoms with van der Waals surface area (Å²) in [5, 5.41) is 4.65. The molecule has 0 atom stereocenters. The summed E-state index contributed by atoms with van der Waals surface area (Å²) in [6.07, 6.45) is 3.12. The van der Waals surface area contributed by atoms with Crippen LogP contribution in [-0.4, -0.2) is 61.6 Å². The van der Waals surface area contributed by atoms with Crippen LogP contribution in [-0.2, 0) is 13.0 Å². The Morgan fingerprint density at radius 3 is 2.88 bits per heavy atom. The SMILES string of the molecule is CN(C)CCc1ncc(CN2CCNCC2)s1. The molecular formula is C12H22N4S. The van der Waals surface area contributed by atoms with E-state index in [1.54, 1.807) is 0 Å². The van der Waals surface area contributed by atoms with Crippen molar-refractivity contribution in [3.05, 3.63) is 16.1 Å². The van der Waals surface area contributed by atoms with Crippen molar-refractivity contribution in [2.24, 2.45) is 0 Å². The molecule has 0 bridgehead atoms. The minimum atomic E-state index is 1.07. The maximum absolute atomic E-state index is 4.50. The van der Waals surface area contributed by atoms with Gasteiger partial charge in [0.2, 0.25) is 0 Å². The number of nitrogens with one attached hydrogen (secondary N) is 1. The highest BCUT2D eigenvalue weighted by Crippen LogP contribution is 2.16. The van der Waals surface area contributed by atoms with Crippen LogP contribution in [0, 0.1) is 0 Å². The molecule has 1 aromatic heterocycles. The van der Waals surface area contributed by atoms with Gasteiger partial charge in [-0.3, -0.25) is 4.90 Å². The fourth-order valence-electron chi connectivity index (χ4n) is 1.95. The molecule has 0 aliphatic carbocycles. The Kier molecular flexibility index (Phi) is 4.91. The summed E-state index contributed by atoms with van der Waals surface area (Å²) in [5.74, 6) is 0. The van der Waals surface area contributed by atoms with Gasteiger partial charge in [0.15, 0.2) is 0 Å². The van der Waals surface area contributed by atoms with Gasteiger partial charge in [-0.25, -0.2) is 4.98 Å². The molecule has 0 aromatic carbocycles. The number of aromatic nitrogens is 1. The van der Waals surface area contributed by atoms with Gasteiger partial charge in [-0.2, -0.15) is 0 Å². The number of hydrogen-bond acceptors (Lipinski definition) is 5. The van der Waals surface area contributed by atoms with Crippen molar-refractivity contribution in [2.45, 2.75) is 13.0 Å². The van der Waals surface area contributed by atoms with Crippen molar-refractivity contribution in [1.82, 2.24) is 20.1 Å². The molecule has 0 radical (unpaired) electrons. The molecular weight excluding hydrogens is 232 g/mol. The van der Waals surface area contributed by atoms with E-state index in [-0.39, 0.29) is 0 Å². The number of thiazole rings is 1. The van der Waals surface area contributed by atoms with E-state index >= 15 is 0 Å². The molecule has 5 heteroatoms. The second kappa shape index (κ2) is 6.44. The summed E-state index contributed by atoms with van der Waals surface area (Å²) < 4.78 is 0. The average Bonchev–Trinajstić information content (AvgIpc) is 2.75. The maximum atomic E-state index is 4.50. The first-order valence-corrected chi connectivity index (χ1v) is 7.07. The highest BCUT2D eigenvalue weighted by molar-refractivity contribution is 7.11. The number of hydrogen-bond donors (Lipinski definition) is 1. The van der Waals surface area contributed by atoms with E-state index in [1.165, 1.54) is 9.88 Å². The van der Waals surface area contributed by atoms with Gasteiger partial charge in [-0.15, -0.1) is 11.3 Å². The zero-order valence-electron chi connectivity index (χ0n) is 10.8. The predicted octanol–water partition coefficient (Wildman–Crippen LogP) is 0.652. The van der Waals surface area contributed by atoms with Gasteiger partial charge in [-0.1, -0.05) is 0 Å². The molecule has 96 valence electrons. The molecule has 1 aromatic rings. The lowest BCUT2D eigenvalue weighted by molar-refractivity contribution is 0.235. The summed E-state index contributed by atoms with van der Waals surface area (Å²) in [6.45, 7) is 6.70. The Balaban J connectivity index is 1.80. The minimum Gasteiger partial charge on any atom is -0.314 e. The summed E-state index contributed by atoms with van der Waals surface area (Å²) in [6, 6.07) is 0. The molecule has 2 rings (SSSR count). The van der Waals surface area contributed by atoms with Crippen LogP contribution in [0.25, 0.3) is 0 Å². The number of likely N-dealkylation sites (N-methyl/N-ethyl adjacent to an activating group) is 1. The summed E-state index contributed by atoms with van der Waals surface area (Å²) in [5.41, 5.74) is 0. The van der Waals surface area contributed by atoms with Crippen LogP contribution in [0.3, 0.4) is 0 Å². The summed E-state index contributed by atoms with van der Waals surface area (Å²) in [4.78, 5) is 10.6. The molecule has 0 unspecified atom stereocenters. The Hall–Kier alpha value is -0.490. The van der Waals surface area contributed by atoms with Crippen LogP contribution < -0.4 is 5.32 Å². The van der Waals surface area contributed by atoms with E-state index in [0.29, 0.717) is 0 Å². The fourth-order valence-corrected chi connectivity index (χ4v) is 2.90. The lowest BCUT2D eigenvalue weighted by atomic mass is 10.3. The first-order chi connectivity index (χ1) is 8.24. The Labute approximate surface area is 108 Å². The highest BCUT2D eigenvalue weighted by atomic mass is 32.1. The van der Waals surface area contributed by atoms with Crippen LogP contribution >= 0.6 is 11.3 Å². The third-order valence-electron chi connectivity index (χ3n) is 2.96. The van der Waals surface area contributed by atoms with Crippen molar-refractivity contribution < 1.29 is 0 Å². The Morgan fingerprint density at radius 1 is 1.41 bits per heavy atom. The molecule has 1 aliphatic rings. The van der Waals surface area contributed by atoms with E-state index in [4.69, 9.17) is 0 Å².